The number of nitrogens with two attached hydrogens (primary N) is 1. The summed E-state index contributed by atoms with van der Waals surface area (Å²) >= 11 is 0. The third kappa shape index (κ3) is 7.98. The minimum absolute atomic E-state index is 0.0228. The summed E-state index contributed by atoms with van der Waals surface area (Å²) in [5, 5.41) is 5.30. The maximum absolute atomic E-state index is 12.5. The summed E-state index contributed by atoms with van der Waals surface area (Å²) in [5.41, 5.74) is 6.26. The molecule has 9 heteroatoms. The Morgan fingerprint density at radius 3 is 2.44 bits per heavy atom. The first-order valence-electron chi connectivity index (χ1n) is 10.5. The van der Waals surface area contributed by atoms with Crippen LogP contribution >= 0.6 is 0 Å². The van der Waals surface area contributed by atoms with E-state index in [1.165, 1.54) is 6.20 Å². The molecular formula is C23H32N4O5. The summed E-state index contributed by atoms with van der Waals surface area (Å²) in [6, 6.07) is 7.65. The van der Waals surface area contributed by atoms with Gasteiger partial charge in [0.1, 0.15) is 23.1 Å². The molecule has 0 bridgehead atoms. The summed E-state index contributed by atoms with van der Waals surface area (Å²) in [6.07, 6.45) is 1.20. The molecule has 1 aromatic carbocycles. The molecule has 0 aliphatic carbocycles. The molecule has 0 saturated carbocycles. The Morgan fingerprint density at radius 1 is 1.16 bits per heavy atom. The number of nitrogen functional groups attached to an aromatic ring is 1. The van der Waals surface area contributed by atoms with Crippen LogP contribution in [-0.4, -0.2) is 34.7 Å². The molecule has 0 aliphatic rings. The molecular weight excluding hydrogens is 412 g/mol. The number of carbonyl (C=O) groups excluding carboxylic acids is 2. The van der Waals surface area contributed by atoms with E-state index < -0.39 is 17.7 Å². The van der Waals surface area contributed by atoms with Crippen LogP contribution in [0.3, 0.4) is 0 Å². The topological polar surface area (TPSA) is 125 Å². The first-order valence-corrected chi connectivity index (χ1v) is 10.5. The van der Waals surface area contributed by atoms with Gasteiger partial charge in [-0.25, -0.2) is 9.78 Å². The Bertz CT molecular complexity index is 923. The van der Waals surface area contributed by atoms with E-state index >= 15 is 0 Å². The van der Waals surface area contributed by atoms with Crippen molar-refractivity contribution in [1.82, 2.24) is 10.3 Å². The predicted octanol–water partition coefficient (Wildman–Crippen LogP) is 4.49. The van der Waals surface area contributed by atoms with Gasteiger partial charge in [-0.1, -0.05) is 6.92 Å². The van der Waals surface area contributed by atoms with Crippen molar-refractivity contribution in [1.29, 1.82) is 0 Å². The van der Waals surface area contributed by atoms with E-state index in [0.29, 0.717) is 35.2 Å². The number of nitrogens with zero attached hydrogens (tertiary/aromatic N) is 1. The predicted molar refractivity (Wildman–Crippen MR) is 123 cm³/mol. The highest BCUT2D eigenvalue weighted by Crippen LogP contribution is 2.30. The van der Waals surface area contributed by atoms with E-state index in [1.807, 2.05) is 13.8 Å². The molecule has 2 aromatic rings. The molecule has 2 amide bonds. The van der Waals surface area contributed by atoms with Crippen molar-refractivity contribution in [2.45, 2.75) is 65.7 Å². The lowest BCUT2D eigenvalue weighted by Crippen LogP contribution is -2.45. The van der Waals surface area contributed by atoms with Crippen LogP contribution in [-0.2, 0) is 9.53 Å². The van der Waals surface area contributed by atoms with E-state index in [1.54, 1.807) is 58.0 Å². The average Bonchev–Trinajstić information content (AvgIpc) is 2.68. The van der Waals surface area contributed by atoms with Gasteiger partial charge in [0, 0.05) is 12.1 Å². The number of alkyl carbamates (subject to hydrolysis) is 1. The standard InChI is InChI=1S/C23H32N4O5/c1-7-18(27-22(29)32-23(4,5)6)21(28)26-15-8-11-20(25-13-15)31-16-9-10-17(24)19(12-16)30-14(2)3/h8-14,18H,7,24H2,1-6H3,(H,26,28)(H,27,29)/t18-/m1/s1. The molecule has 4 N–H and O–H groups in total. The number of pyridine rings is 1. The Kier molecular flexibility index (Phi) is 8.28. The van der Waals surface area contributed by atoms with Crippen molar-refractivity contribution in [3.63, 3.8) is 0 Å². The summed E-state index contributed by atoms with van der Waals surface area (Å²) in [5.74, 6) is 1.02. The van der Waals surface area contributed by atoms with Crippen LogP contribution in [0, 0.1) is 0 Å². The van der Waals surface area contributed by atoms with Crippen molar-refractivity contribution in [2.24, 2.45) is 0 Å². The molecule has 9 nitrogen and oxygen atoms in total. The van der Waals surface area contributed by atoms with Crippen LogP contribution in [0.15, 0.2) is 36.5 Å². The van der Waals surface area contributed by atoms with Gasteiger partial charge in [-0.3, -0.25) is 4.79 Å². The highest BCUT2D eigenvalue weighted by molar-refractivity contribution is 5.96. The van der Waals surface area contributed by atoms with Gasteiger partial charge in [-0.05, 0) is 59.2 Å². The highest BCUT2D eigenvalue weighted by atomic mass is 16.6. The van der Waals surface area contributed by atoms with Gasteiger partial charge in [0.2, 0.25) is 11.8 Å². The van der Waals surface area contributed by atoms with Gasteiger partial charge < -0.3 is 30.6 Å². The quantitative estimate of drug-likeness (QED) is 0.512. The van der Waals surface area contributed by atoms with Crippen LogP contribution in [0.1, 0.15) is 48.0 Å². The lowest BCUT2D eigenvalue weighted by Gasteiger charge is -2.22. The number of hydrogen-bond acceptors (Lipinski definition) is 7. The number of nitrogens with one attached hydrogen (secondary N) is 2. The Hall–Kier alpha value is -3.49. The lowest BCUT2D eigenvalue weighted by atomic mass is 10.2. The first-order chi connectivity index (χ1) is 15.0. The average molecular weight is 445 g/mol. The largest absolute Gasteiger partial charge is 0.489 e. The summed E-state index contributed by atoms with van der Waals surface area (Å²) in [6.45, 7) is 10.9. The van der Waals surface area contributed by atoms with Crippen LogP contribution in [0.2, 0.25) is 0 Å². The number of carbonyl (C=O) groups is 2. The first kappa shape index (κ1) is 24.8. The smallest absolute Gasteiger partial charge is 0.408 e. The van der Waals surface area contributed by atoms with Crippen LogP contribution in [0.5, 0.6) is 17.4 Å². The number of amides is 2. The molecule has 1 heterocycles. The fraction of sp³-hybridized carbons (Fsp3) is 0.435. The van der Waals surface area contributed by atoms with E-state index in [4.69, 9.17) is 19.9 Å². The summed E-state index contributed by atoms with van der Waals surface area (Å²) in [4.78, 5) is 28.7. The number of rotatable bonds is 8. The number of aromatic nitrogens is 1. The van der Waals surface area contributed by atoms with Crippen molar-refractivity contribution in [2.75, 3.05) is 11.1 Å². The van der Waals surface area contributed by atoms with E-state index in [9.17, 15) is 9.59 Å². The van der Waals surface area contributed by atoms with Gasteiger partial charge in [-0.2, -0.15) is 0 Å². The fourth-order valence-electron chi connectivity index (χ4n) is 2.60. The second-order valence-corrected chi connectivity index (χ2v) is 8.45. The molecule has 174 valence electrons. The molecule has 0 saturated heterocycles. The van der Waals surface area contributed by atoms with E-state index in [-0.39, 0.29) is 12.0 Å². The molecule has 0 spiro atoms. The Labute approximate surface area is 188 Å². The zero-order valence-electron chi connectivity index (χ0n) is 19.4. The van der Waals surface area contributed by atoms with Gasteiger partial charge in [-0.15, -0.1) is 0 Å². The van der Waals surface area contributed by atoms with Gasteiger partial charge >= 0.3 is 6.09 Å². The number of anilines is 2. The number of ether oxygens (including phenoxy) is 3. The fourth-order valence-corrected chi connectivity index (χ4v) is 2.60. The van der Waals surface area contributed by atoms with Crippen molar-refractivity contribution in [3.8, 4) is 17.4 Å². The van der Waals surface area contributed by atoms with E-state index in [0.717, 1.165) is 0 Å². The van der Waals surface area contributed by atoms with E-state index in [2.05, 4.69) is 15.6 Å². The molecule has 0 fully saturated rings. The Balaban J connectivity index is 1.98. The molecule has 0 aliphatic heterocycles. The number of hydrogen-bond donors (Lipinski definition) is 3. The van der Waals surface area contributed by atoms with Gasteiger partial charge in [0.05, 0.1) is 23.7 Å². The second-order valence-electron chi connectivity index (χ2n) is 8.45. The SMILES string of the molecule is CC[C@@H](NC(=O)OC(C)(C)C)C(=O)Nc1ccc(Oc2ccc(N)c(OC(C)C)c2)nc1. The maximum Gasteiger partial charge on any atom is 0.408 e. The summed E-state index contributed by atoms with van der Waals surface area (Å²) in [7, 11) is 0. The van der Waals surface area contributed by atoms with Gasteiger partial charge in [0.15, 0.2) is 0 Å². The maximum atomic E-state index is 12.5. The minimum Gasteiger partial charge on any atom is -0.489 e. The molecule has 2 rings (SSSR count). The van der Waals surface area contributed by atoms with Crippen LogP contribution in [0.25, 0.3) is 0 Å². The molecule has 0 unspecified atom stereocenters. The monoisotopic (exact) mass is 444 g/mol. The highest BCUT2D eigenvalue weighted by Gasteiger charge is 2.23. The minimum atomic E-state index is -0.741. The van der Waals surface area contributed by atoms with Gasteiger partial charge in [0.25, 0.3) is 0 Å². The van der Waals surface area contributed by atoms with Crippen LogP contribution < -0.4 is 25.8 Å². The normalized spacial score (nSPS) is 12.1. The van der Waals surface area contributed by atoms with Crippen molar-refractivity contribution < 1.29 is 23.8 Å². The number of benzene rings is 1. The third-order valence-electron chi connectivity index (χ3n) is 3.99. The van der Waals surface area contributed by atoms with Crippen molar-refractivity contribution >= 4 is 23.4 Å². The van der Waals surface area contributed by atoms with Crippen LogP contribution in [0.4, 0.5) is 16.2 Å². The summed E-state index contributed by atoms with van der Waals surface area (Å²) < 4.78 is 16.6. The lowest BCUT2D eigenvalue weighted by molar-refractivity contribution is -0.118. The molecule has 1 atom stereocenters. The van der Waals surface area contributed by atoms with Crippen molar-refractivity contribution in [3.05, 3.63) is 36.5 Å². The molecule has 0 radical (unpaired) electrons. The molecule has 1 aromatic heterocycles. The third-order valence-corrected chi connectivity index (χ3v) is 3.99. The Morgan fingerprint density at radius 2 is 1.88 bits per heavy atom. The zero-order chi connectivity index (χ0) is 23.9. The molecule has 32 heavy (non-hydrogen) atoms. The zero-order valence-corrected chi connectivity index (χ0v) is 19.4. The second kappa shape index (κ2) is 10.7.